The summed E-state index contributed by atoms with van der Waals surface area (Å²) >= 11 is 5.65. The molecule has 1 heterocycles. The van der Waals surface area contributed by atoms with Gasteiger partial charge in [-0.25, -0.2) is 4.98 Å². The summed E-state index contributed by atoms with van der Waals surface area (Å²) in [5, 5.41) is 11.6. The molecule has 0 aliphatic heterocycles. The minimum Gasteiger partial charge on any atom is -0.396 e. The van der Waals surface area contributed by atoms with Crippen molar-refractivity contribution < 1.29 is 23.1 Å². The van der Waals surface area contributed by atoms with Crippen molar-refractivity contribution in [3.63, 3.8) is 0 Å². The SMILES string of the molecule is O=C(N[C@H]1CC[C@H](CO)CC1)c1cc(Cl)cnc1C(F)(F)F. The van der Waals surface area contributed by atoms with Gasteiger partial charge in [0.2, 0.25) is 0 Å². The molecule has 122 valence electrons. The number of aliphatic hydroxyl groups excluding tert-OH is 1. The van der Waals surface area contributed by atoms with Gasteiger partial charge in [0.1, 0.15) is 0 Å². The van der Waals surface area contributed by atoms with Crippen LogP contribution in [0.3, 0.4) is 0 Å². The summed E-state index contributed by atoms with van der Waals surface area (Å²) in [7, 11) is 0. The summed E-state index contributed by atoms with van der Waals surface area (Å²) in [5.74, 6) is -0.624. The van der Waals surface area contributed by atoms with Crippen LogP contribution in [0, 0.1) is 5.92 Å². The quantitative estimate of drug-likeness (QED) is 0.892. The molecule has 1 aliphatic rings. The van der Waals surface area contributed by atoms with Gasteiger partial charge in [0.25, 0.3) is 5.91 Å². The van der Waals surface area contributed by atoms with Gasteiger partial charge in [-0.3, -0.25) is 4.79 Å². The molecule has 2 rings (SSSR count). The number of alkyl halides is 3. The Balaban J connectivity index is 2.11. The molecule has 1 aliphatic carbocycles. The van der Waals surface area contributed by atoms with Crippen molar-refractivity contribution in [2.45, 2.75) is 37.9 Å². The Morgan fingerprint density at radius 1 is 1.36 bits per heavy atom. The first-order chi connectivity index (χ1) is 10.3. The summed E-state index contributed by atoms with van der Waals surface area (Å²) in [6.45, 7) is 0.0943. The smallest absolute Gasteiger partial charge is 0.396 e. The minimum atomic E-state index is -4.72. The molecule has 22 heavy (non-hydrogen) atoms. The van der Waals surface area contributed by atoms with Gasteiger partial charge in [-0.15, -0.1) is 0 Å². The molecule has 4 nitrogen and oxygen atoms in total. The zero-order valence-electron chi connectivity index (χ0n) is 11.7. The average molecular weight is 337 g/mol. The van der Waals surface area contributed by atoms with Gasteiger partial charge in [-0.05, 0) is 37.7 Å². The highest BCUT2D eigenvalue weighted by Crippen LogP contribution is 2.32. The van der Waals surface area contributed by atoms with Crippen molar-refractivity contribution in [3.8, 4) is 0 Å². The number of hydrogen-bond acceptors (Lipinski definition) is 3. The normalized spacial score (nSPS) is 22.4. The van der Waals surface area contributed by atoms with Crippen molar-refractivity contribution in [1.82, 2.24) is 10.3 Å². The third-order valence-corrected chi connectivity index (χ3v) is 4.01. The molecule has 1 amide bonds. The molecular weight excluding hydrogens is 321 g/mol. The molecule has 0 bridgehead atoms. The zero-order valence-corrected chi connectivity index (χ0v) is 12.4. The van der Waals surface area contributed by atoms with Crippen LogP contribution in [0.25, 0.3) is 0 Å². The van der Waals surface area contributed by atoms with Crippen LogP contribution in [-0.4, -0.2) is 28.6 Å². The second kappa shape index (κ2) is 6.83. The number of nitrogens with zero attached hydrogens (tertiary/aromatic N) is 1. The lowest BCUT2D eigenvalue weighted by atomic mass is 9.86. The van der Waals surface area contributed by atoms with Gasteiger partial charge in [0.05, 0.1) is 10.6 Å². The monoisotopic (exact) mass is 336 g/mol. The number of pyridine rings is 1. The van der Waals surface area contributed by atoms with Crippen LogP contribution in [0.4, 0.5) is 13.2 Å². The van der Waals surface area contributed by atoms with E-state index < -0.39 is 23.3 Å². The molecule has 0 aromatic carbocycles. The lowest BCUT2D eigenvalue weighted by Crippen LogP contribution is -2.39. The molecule has 1 aromatic rings. The molecule has 1 fully saturated rings. The maximum absolute atomic E-state index is 12.9. The molecular formula is C14H16ClF3N2O2. The molecule has 0 unspecified atom stereocenters. The Hall–Kier alpha value is -1.34. The van der Waals surface area contributed by atoms with E-state index in [0.29, 0.717) is 12.8 Å². The Bertz CT molecular complexity index is 543. The Morgan fingerprint density at radius 3 is 2.55 bits per heavy atom. The minimum absolute atomic E-state index is 0.0258. The molecule has 0 spiro atoms. The predicted molar refractivity (Wildman–Crippen MR) is 74.5 cm³/mol. The van der Waals surface area contributed by atoms with Crippen LogP contribution < -0.4 is 5.32 Å². The number of rotatable bonds is 3. The molecule has 1 aromatic heterocycles. The summed E-state index contributed by atoms with van der Waals surface area (Å²) in [6, 6.07) is 0.780. The largest absolute Gasteiger partial charge is 0.434 e. The van der Waals surface area contributed by atoms with Gasteiger partial charge in [-0.2, -0.15) is 13.2 Å². The molecule has 0 atom stereocenters. The highest BCUT2D eigenvalue weighted by Gasteiger charge is 2.37. The Labute approximate surface area is 130 Å². The summed E-state index contributed by atoms with van der Waals surface area (Å²) < 4.78 is 38.7. The molecule has 0 saturated heterocycles. The topological polar surface area (TPSA) is 62.2 Å². The fourth-order valence-corrected chi connectivity index (χ4v) is 2.75. The highest BCUT2D eigenvalue weighted by molar-refractivity contribution is 6.30. The van der Waals surface area contributed by atoms with Crippen LogP contribution in [0.2, 0.25) is 5.02 Å². The fourth-order valence-electron chi connectivity index (χ4n) is 2.59. The van der Waals surface area contributed by atoms with Gasteiger partial charge in [-0.1, -0.05) is 11.6 Å². The van der Waals surface area contributed by atoms with Crippen LogP contribution >= 0.6 is 11.6 Å². The van der Waals surface area contributed by atoms with E-state index in [2.05, 4.69) is 10.3 Å². The van der Waals surface area contributed by atoms with E-state index in [1.165, 1.54) is 0 Å². The fraction of sp³-hybridized carbons (Fsp3) is 0.571. The van der Waals surface area contributed by atoms with Crippen LogP contribution in [0.1, 0.15) is 41.7 Å². The summed E-state index contributed by atoms with van der Waals surface area (Å²) in [4.78, 5) is 15.4. The van der Waals surface area contributed by atoms with Crippen molar-refractivity contribution in [1.29, 1.82) is 0 Å². The number of nitrogens with one attached hydrogen (secondary N) is 1. The third kappa shape index (κ3) is 4.10. The van der Waals surface area contributed by atoms with E-state index in [1.807, 2.05) is 0 Å². The van der Waals surface area contributed by atoms with E-state index in [1.54, 1.807) is 0 Å². The second-order valence-corrected chi connectivity index (χ2v) is 5.86. The molecule has 0 radical (unpaired) electrons. The first kappa shape index (κ1) is 17.0. The summed E-state index contributed by atoms with van der Waals surface area (Å²) in [6.07, 6.45) is -1.11. The van der Waals surface area contributed by atoms with Gasteiger partial charge in [0.15, 0.2) is 5.69 Å². The van der Waals surface area contributed by atoms with Crippen LogP contribution in [0.5, 0.6) is 0 Å². The Morgan fingerprint density at radius 2 is 2.00 bits per heavy atom. The Kier molecular flexibility index (Phi) is 5.28. The summed E-state index contributed by atoms with van der Waals surface area (Å²) in [5.41, 5.74) is -1.80. The average Bonchev–Trinajstić information content (AvgIpc) is 2.46. The maximum atomic E-state index is 12.9. The van der Waals surface area contributed by atoms with Gasteiger partial charge >= 0.3 is 6.18 Å². The van der Waals surface area contributed by atoms with Crippen molar-refractivity contribution >= 4 is 17.5 Å². The van der Waals surface area contributed by atoms with Gasteiger partial charge < -0.3 is 10.4 Å². The predicted octanol–water partition coefficient (Wildman–Crippen LogP) is 3.03. The van der Waals surface area contributed by atoms with Crippen molar-refractivity contribution in [2.24, 2.45) is 5.92 Å². The van der Waals surface area contributed by atoms with E-state index in [9.17, 15) is 18.0 Å². The molecule has 1 saturated carbocycles. The lowest BCUT2D eigenvalue weighted by molar-refractivity contribution is -0.141. The zero-order chi connectivity index (χ0) is 16.3. The number of carbonyl (C=O) groups is 1. The first-order valence-electron chi connectivity index (χ1n) is 6.95. The third-order valence-electron chi connectivity index (χ3n) is 3.81. The maximum Gasteiger partial charge on any atom is 0.434 e. The van der Waals surface area contributed by atoms with Gasteiger partial charge in [0, 0.05) is 18.8 Å². The van der Waals surface area contributed by atoms with E-state index in [-0.39, 0.29) is 23.6 Å². The number of hydrogen-bond donors (Lipinski definition) is 2. The van der Waals surface area contributed by atoms with E-state index >= 15 is 0 Å². The van der Waals surface area contributed by atoms with Crippen LogP contribution in [0.15, 0.2) is 12.3 Å². The number of amides is 1. The highest BCUT2D eigenvalue weighted by atomic mass is 35.5. The first-order valence-corrected chi connectivity index (χ1v) is 7.33. The standard InChI is InChI=1S/C14H16ClF3N2O2/c15-9-5-11(12(19-6-9)14(16,17)18)13(22)20-10-3-1-8(7-21)2-4-10/h5-6,8,10,21H,1-4,7H2,(H,20,22)/t8-,10-. The lowest BCUT2D eigenvalue weighted by Gasteiger charge is -2.28. The molecule has 8 heteroatoms. The molecule has 2 N–H and O–H groups in total. The van der Waals surface area contributed by atoms with Crippen molar-refractivity contribution in [3.05, 3.63) is 28.5 Å². The van der Waals surface area contributed by atoms with E-state index in [4.69, 9.17) is 16.7 Å². The number of aliphatic hydroxyl groups is 1. The van der Waals surface area contributed by atoms with E-state index in [0.717, 1.165) is 25.1 Å². The number of aromatic nitrogens is 1. The van der Waals surface area contributed by atoms with Crippen molar-refractivity contribution in [2.75, 3.05) is 6.61 Å². The second-order valence-electron chi connectivity index (χ2n) is 5.42. The number of carbonyl (C=O) groups excluding carboxylic acids is 1. The number of halogens is 4. The van der Waals surface area contributed by atoms with Crippen LogP contribution in [-0.2, 0) is 6.18 Å².